The van der Waals surface area contributed by atoms with Crippen molar-refractivity contribution in [2.75, 3.05) is 12.0 Å². The first-order chi connectivity index (χ1) is 14.7. The van der Waals surface area contributed by atoms with E-state index in [0.717, 1.165) is 10.9 Å². The van der Waals surface area contributed by atoms with E-state index in [1.165, 1.54) is 18.1 Å². The van der Waals surface area contributed by atoms with Gasteiger partial charge in [-0.05, 0) is 73.6 Å². The van der Waals surface area contributed by atoms with Crippen molar-refractivity contribution in [3.8, 4) is 11.5 Å². The number of methoxy groups -OCH3 is 1. The number of benzene rings is 2. The molecule has 0 aromatic heterocycles. The number of ether oxygens (including phenoxy) is 2. The third-order valence-electron chi connectivity index (χ3n) is 4.64. The Morgan fingerprint density at radius 1 is 1.26 bits per heavy atom. The van der Waals surface area contributed by atoms with Gasteiger partial charge in [0.1, 0.15) is 5.57 Å². The summed E-state index contributed by atoms with van der Waals surface area (Å²) >= 11 is 15.0. The van der Waals surface area contributed by atoms with Gasteiger partial charge in [-0.25, -0.2) is 0 Å². The van der Waals surface area contributed by atoms with E-state index in [9.17, 15) is 9.59 Å². The Bertz CT molecular complexity index is 1070. The Kier molecular flexibility index (Phi) is 7.35. The van der Waals surface area contributed by atoms with Crippen molar-refractivity contribution in [3.63, 3.8) is 0 Å². The maximum atomic E-state index is 13.1. The van der Waals surface area contributed by atoms with Gasteiger partial charge in [0.15, 0.2) is 16.6 Å². The molecule has 2 aromatic carbocycles. The predicted molar refractivity (Wildman–Crippen MR) is 129 cm³/mol. The fourth-order valence-corrected chi connectivity index (χ4v) is 3.68. The fourth-order valence-electron chi connectivity index (χ4n) is 2.87. The fraction of sp³-hybridized carbons (Fsp3) is 0.227. The van der Waals surface area contributed by atoms with Gasteiger partial charge in [-0.3, -0.25) is 19.8 Å². The first kappa shape index (κ1) is 23.2. The lowest BCUT2D eigenvalue weighted by molar-refractivity contribution is -0.122. The molecule has 1 saturated heterocycles. The van der Waals surface area contributed by atoms with Gasteiger partial charge in [-0.1, -0.05) is 34.5 Å². The van der Waals surface area contributed by atoms with Gasteiger partial charge in [0, 0.05) is 4.47 Å². The summed E-state index contributed by atoms with van der Waals surface area (Å²) in [6, 6.07) is 10.3. The Hall–Kier alpha value is -2.42. The minimum atomic E-state index is -0.585. The quantitative estimate of drug-likeness (QED) is 0.323. The number of nitrogens with one attached hydrogen (secondary N) is 1. The number of halogens is 2. The number of anilines is 1. The van der Waals surface area contributed by atoms with Crippen molar-refractivity contribution in [2.24, 2.45) is 0 Å². The summed E-state index contributed by atoms with van der Waals surface area (Å²) in [7, 11) is 1.50. The van der Waals surface area contributed by atoms with Crippen LogP contribution in [0.5, 0.6) is 11.5 Å². The van der Waals surface area contributed by atoms with Crippen LogP contribution in [-0.2, 0) is 9.59 Å². The van der Waals surface area contributed by atoms with Gasteiger partial charge in [0.05, 0.1) is 23.9 Å². The lowest BCUT2D eigenvalue weighted by atomic mass is 10.1. The normalized spacial score (nSPS) is 16.4. The molecule has 2 aromatic rings. The van der Waals surface area contributed by atoms with Crippen molar-refractivity contribution in [2.45, 2.75) is 26.4 Å². The smallest absolute Gasteiger partial charge is 0.270 e. The maximum absolute atomic E-state index is 13.1. The Morgan fingerprint density at radius 2 is 1.94 bits per heavy atom. The standard InChI is InChI=1S/C22H20BrClN2O4S/c1-4-12(2)30-19-17(24)10-13(11-18(19)29-3)9-16-20(27)25-22(31)26(21(16)28)15-7-5-14(23)6-8-15/h5-12H,4H2,1-3H3,(H,25,27,31)/b16-9+/t12-/m1/s1. The summed E-state index contributed by atoms with van der Waals surface area (Å²) in [6.45, 7) is 3.93. The van der Waals surface area contributed by atoms with E-state index in [-0.39, 0.29) is 16.8 Å². The Balaban J connectivity index is 2.00. The molecule has 0 unspecified atom stereocenters. The van der Waals surface area contributed by atoms with Crippen molar-refractivity contribution in [3.05, 3.63) is 57.0 Å². The van der Waals surface area contributed by atoms with E-state index in [0.29, 0.717) is 27.8 Å². The third-order valence-corrected chi connectivity index (χ3v) is 5.74. The summed E-state index contributed by atoms with van der Waals surface area (Å²) in [5, 5.41) is 2.89. The van der Waals surface area contributed by atoms with Gasteiger partial charge in [0.2, 0.25) is 0 Å². The van der Waals surface area contributed by atoms with Crippen molar-refractivity contribution >= 4 is 68.4 Å². The molecular formula is C22H20BrClN2O4S. The van der Waals surface area contributed by atoms with Crippen LogP contribution >= 0.6 is 39.7 Å². The van der Waals surface area contributed by atoms with Crippen LogP contribution in [0.2, 0.25) is 5.02 Å². The second kappa shape index (κ2) is 9.80. The van der Waals surface area contributed by atoms with Crippen LogP contribution in [0.25, 0.3) is 6.08 Å². The van der Waals surface area contributed by atoms with E-state index < -0.39 is 11.8 Å². The van der Waals surface area contributed by atoms with Gasteiger partial charge >= 0.3 is 0 Å². The molecule has 3 rings (SSSR count). The number of rotatable bonds is 6. The summed E-state index contributed by atoms with van der Waals surface area (Å²) in [5.74, 6) is -0.300. The van der Waals surface area contributed by atoms with Gasteiger partial charge in [0.25, 0.3) is 11.8 Å². The number of carbonyl (C=O) groups is 2. The molecular weight excluding hydrogens is 504 g/mol. The van der Waals surface area contributed by atoms with Crippen molar-refractivity contribution in [1.82, 2.24) is 5.32 Å². The van der Waals surface area contributed by atoms with E-state index in [4.69, 9.17) is 33.3 Å². The third kappa shape index (κ3) is 5.08. The summed E-state index contributed by atoms with van der Waals surface area (Å²) in [5.41, 5.74) is 0.975. The Morgan fingerprint density at radius 3 is 2.55 bits per heavy atom. The number of thiocarbonyl (C=S) groups is 1. The zero-order valence-electron chi connectivity index (χ0n) is 17.1. The number of amides is 2. The molecule has 162 valence electrons. The molecule has 1 heterocycles. The Labute approximate surface area is 199 Å². The molecule has 9 heteroatoms. The number of hydrogen-bond donors (Lipinski definition) is 1. The van der Waals surface area contributed by atoms with Crippen LogP contribution in [0.3, 0.4) is 0 Å². The molecule has 1 fully saturated rings. The van der Waals surface area contributed by atoms with Gasteiger partial charge in [-0.15, -0.1) is 0 Å². The van der Waals surface area contributed by atoms with E-state index in [2.05, 4.69) is 21.2 Å². The average molecular weight is 524 g/mol. The molecule has 0 bridgehead atoms. The largest absolute Gasteiger partial charge is 0.493 e. The first-order valence-electron chi connectivity index (χ1n) is 9.46. The zero-order chi connectivity index (χ0) is 22.7. The number of nitrogens with zero attached hydrogens (tertiary/aromatic N) is 1. The van der Waals surface area contributed by atoms with Gasteiger partial charge in [-0.2, -0.15) is 0 Å². The average Bonchev–Trinajstić information content (AvgIpc) is 2.73. The van der Waals surface area contributed by atoms with E-state index in [1.807, 2.05) is 13.8 Å². The molecule has 0 radical (unpaired) electrons. The maximum Gasteiger partial charge on any atom is 0.270 e. The monoisotopic (exact) mass is 522 g/mol. The molecule has 0 saturated carbocycles. The van der Waals surface area contributed by atoms with Crippen LogP contribution in [-0.4, -0.2) is 30.1 Å². The molecule has 1 atom stereocenters. The molecule has 2 amide bonds. The topological polar surface area (TPSA) is 67.9 Å². The second-order valence-corrected chi connectivity index (χ2v) is 8.51. The molecule has 6 nitrogen and oxygen atoms in total. The molecule has 31 heavy (non-hydrogen) atoms. The van der Waals surface area contributed by atoms with Crippen molar-refractivity contribution in [1.29, 1.82) is 0 Å². The van der Waals surface area contributed by atoms with E-state index in [1.54, 1.807) is 36.4 Å². The van der Waals surface area contributed by atoms with Crippen LogP contribution < -0.4 is 19.7 Å². The lowest BCUT2D eigenvalue weighted by Crippen LogP contribution is -2.54. The number of carbonyl (C=O) groups excluding carboxylic acids is 2. The highest BCUT2D eigenvalue weighted by atomic mass is 79.9. The van der Waals surface area contributed by atoms with Crippen LogP contribution in [0.15, 0.2) is 46.4 Å². The zero-order valence-corrected chi connectivity index (χ0v) is 20.2. The highest BCUT2D eigenvalue weighted by molar-refractivity contribution is 9.10. The molecule has 0 aliphatic carbocycles. The highest BCUT2D eigenvalue weighted by Crippen LogP contribution is 2.38. The summed E-state index contributed by atoms with van der Waals surface area (Å²) < 4.78 is 12.1. The minimum absolute atomic E-state index is 0.0161. The molecule has 0 spiro atoms. The van der Waals surface area contributed by atoms with E-state index >= 15 is 0 Å². The predicted octanol–water partition coefficient (Wildman–Crippen LogP) is 5.12. The van der Waals surface area contributed by atoms with Crippen LogP contribution in [0.1, 0.15) is 25.8 Å². The van der Waals surface area contributed by atoms with Gasteiger partial charge < -0.3 is 9.47 Å². The van der Waals surface area contributed by atoms with Crippen LogP contribution in [0.4, 0.5) is 5.69 Å². The minimum Gasteiger partial charge on any atom is -0.493 e. The van der Waals surface area contributed by atoms with Crippen molar-refractivity contribution < 1.29 is 19.1 Å². The number of hydrogen-bond acceptors (Lipinski definition) is 5. The molecule has 1 aliphatic heterocycles. The second-order valence-electron chi connectivity index (χ2n) is 6.81. The summed E-state index contributed by atoms with van der Waals surface area (Å²) in [4.78, 5) is 26.9. The molecule has 1 N–H and O–H groups in total. The van der Waals surface area contributed by atoms with Crippen LogP contribution in [0, 0.1) is 0 Å². The molecule has 1 aliphatic rings. The summed E-state index contributed by atoms with van der Waals surface area (Å²) in [6.07, 6.45) is 2.19. The SMILES string of the molecule is CC[C@@H](C)Oc1c(Cl)cc(/C=C2\C(=O)NC(=S)N(c3ccc(Br)cc3)C2=O)cc1OC. The highest BCUT2D eigenvalue weighted by Gasteiger charge is 2.34. The first-order valence-corrected chi connectivity index (χ1v) is 11.0. The lowest BCUT2D eigenvalue weighted by Gasteiger charge is -2.29.